The maximum Gasteiger partial charge on any atom is 0.322 e. The summed E-state index contributed by atoms with van der Waals surface area (Å²) in [7, 11) is 0. The number of urea groups is 1. The molecule has 0 aromatic rings. The van der Waals surface area contributed by atoms with Crippen molar-refractivity contribution in [3.05, 3.63) is 0 Å². The fraction of sp³-hybridized carbons (Fsp3) is 0.667. The molecule has 4 N–H and O–H groups in total. The quantitative estimate of drug-likeness (QED) is 0.248. The molecule has 1 aliphatic heterocycles. The first kappa shape index (κ1) is 8.95. The molecule has 3 amide bonds. The van der Waals surface area contributed by atoms with E-state index >= 15 is 0 Å². The molecule has 6 nitrogen and oxygen atoms in total. The van der Waals surface area contributed by atoms with Crippen molar-refractivity contribution in [1.82, 2.24) is 16.1 Å². The van der Waals surface area contributed by atoms with Crippen LogP contribution in [-0.4, -0.2) is 29.7 Å². The lowest BCUT2D eigenvalue weighted by molar-refractivity contribution is -0.120. The average molecular weight is 173 g/mol. The van der Waals surface area contributed by atoms with Crippen LogP contribution in [0.4, 0.5) is 4.79 Å². The van der Waals surface area contributed by atoms with Crippen LogP contribution in [0.15, 0.2) is 0 Å². The largest absolute Gasteiger partial charge is 0.326 e. The Hall–Kier alpha value is -1.14. The Morgan fingerprint density at radius 1 is 1.50 bits per heavy atom. The third kappa shape index (κ3) is 2.18. The minimum Gasteiger partial charge on any atom is -0.326 e. The van der Waals surface area contributed by atoms with Gasteiger partial charge in [-0.1, -0.05) is 0 Å². The maximum atomic E-state index is 10.9. The highest BCUT2D eigenvalue weighted by atomic mass is 16.5. The van der Waals surface area contributed by atoms with Gasteiger partial charge >= 0.3 is 6.03 Å². The Balaban J connectivity index is 2.24. The molecular weight excluding hydrogens is 162 g/mol. The highest BCUT2D eigenvalue weighted by Gasteiger charge is 2.28. The number of hydrogen-bond acceptors (Lipinski definition) is 4. The second-order valence-corrected chi connectivity index (χ2v) is 2.57. The second kappa shape index (κ2) is 4.03. The SMILES string of the molecule is O=C1NC(=O)C(CCCNO)N1. The zero-order valence-electron chi connectivity index (χ0n) is 6.46. The highest BCUT2D eigenvalue weighted by molar-refractivity contribution is 6.04. The van der Waals surface area contributed by atoms with Crippen molar-refractivity contribution < 1.29 is 14.8 Å². The Kier molecular flexibility index (Phi) is 3.01. The molecular formula is C6H11N3O3. The van der Waals surface area contributed by atoms with Crippen molar-refractivity contribution in [1.29, 1.82) is 0 Å². The van der Waals surface area contributed by atoms with Gasteiger partial charge in [0, 0.05) is 6.54 Å². The lowest BCUT2D eigenvalue weighted by Gasteiger charge is -2.04. The molecule has 1 heterocycles. The molecule has 6 heteroatoms. The Morgan fingerprint density at radius 3 is 2.75 bits per heavy atom. The number of hydroxylamine groups is 1. The van der Waals surface area contributed by atoms with Gasteiger partial charge in [0.2, 0.25) is 0 Å². The van der Waals surface area contributed by atoms with Crippen molar-refractivity contribution in [2.24, 2.45) is 0 Å². The number of carbonyl (C=O) groups is 2. The van der Waals surface area contributed by atoms with Gasteiger partial charge in [-0.2, -0.15) is 0 Å². The van der Waals surface area contributed by atoms with Crippen LogP contribution in [0, 0.1) is 0 Å². The van der Waals surface area contributed by atoms with E-state index in [9.17, 15) is 9.59 Å². The Bertz CT molecular complexity index is 194. The van der Waals surface area contributed by atoms with Gasteiger partial charge in [0.25, 0.3) is 5.91 Å². The predicted octanol–water partition coefficient (Wildman–Crippen LogP) is -1.05. The molecule has 0 spiro atoms. The van der Waals surface area contributed by atoms with E-state index in [1.54, 1.807) is 0 Å². The molecule has 0 aromatic carbocycles. The van der Waals surface area contributed by atoms with E-state index in [1.165, 1.54) is 0 Å². The van der Waals surface area contributed by atoms with E-state index in [1.807, 2.05) is 5.48 Å². The average Bonchev–Trinajstić information content (AvgIpc) is 2.31. The molecule has 0 aromatic heterocycles. The first-order valence-electron chi connectivity index (χ1n) is 3.72. The summed E-state index contributed by atoms with van der Waals surface area (Å²) in [5.41, 5.74) is 1.97. The zero-order valence-corrected chi connectivity index (χ0v) is 6.46. The molecule has 0 saturated carbocycles. The van der Waals surface area contributed by atoms with Crippen LogP contribution in [0.5, 0.6) is 0 Å². The van der Waals surface area contributed by atoms with Crippen LogP contribution in [0.25, 0.3) is 0 Å². The fourth-order valence-corrected chi connectivity index (χ4v) is 1.05. The molecule has 1 unspecified atom stereocenters. The summed E-state index contributed by atoms with van der Waals surface area (Å²) in [6.07, 6.45) is 1.17. The van der Waals surface area contributed by atoms with Gasteiger partial charge in [0.05, 0.1) is 0 Å². The van der Waals surface area contributed by atoms with Gasteiger partial charge in [-0.25, -0.2) is 10.3 Å². The summed E-state index contributed by atoms with van der Waals surface area (Å²) in [4.78, 5) is 21.5. The summed E-state index contributed by atoms with van der Waals surface area (Å²) < 4.78 is 0. The van der Waals surface area contributed by atoms with E-state index < -0.39 is 12.1 Å². The van der Waals surface area contributed by atoms with Crippen molar-refractivity contribution in [3.63, 3.8) is 0 Å². The molecule has 0 bridgehead atoms. The molecule has 68 valence electrons. The van der Waals surface area contributed by atoms with Crippen LogP contribution in [0.2, 0.25) is 0 Å². The predicted molar refractivity (Wildman–Crippen MR) is 39.5 cm³/mol. The van der Waals surface area contributed by atoms with Gasteiger partial charge < -0.3 is 10.5 Å². The minimum atomic E-state index is -0.443. The zero-order chi connectivity index (χ0) is 8.97. The summed E-state index contributed by atoms with van der Waals surface area (Å²) in [5.74, 6) is -0.294. The third-order valence-electron chi connectivity index (χ3n) is 1.64. The fourth-order valence-electron chi connectivity index (χ4n) is 1.05. The first-order valence-corrected chi connectivity index (χ1v) is 3.72. The number of nitrogens with one attached hydrogen (secondary N) is 3. The van der Waals surface area contributed by atoms with Crippen molar-refractivity contribution >= 4 is 11.9 Å². The lowest BCUT2D eigenvalue weighted by Crippen LogP contribution is -2.29. The normalized spacial score (nSPS) is 22.2. The van der Waals surface area contributed by atoms with Crippen LogP contribution in [0.3, 0.4) is 0 Å². The van der Waals surface area contributed by atoms with Gasteiger partial charge in [0.1, 0.15) is 6.04 Å². The lowest BCUT2D eigenvalue weighted by atomic mass is 10.1. The molecule has 1 aliphatic rings. The summed E-state index contributed by atoms with van der Waals surface area (Å²) in [5, 5.41) is 12.8. The molecule has 1 saturated heterocycles. The van der Waals surface area contributed by atoms with Gasteiger partial charge in [-0.3, -0.25) is 10.1 Å². The smallest absolute Gasteiger partial charge is 0.322 e. The third-order valence-corrected chi connectivity index (χ3v) is 1.64. The van der Waals surface area contributed by atoms with Gasteiger partial charge in [-0.15, -0.1) is 0 Å². The van der Waals surface area contributed by atoms with E-state index in [0.29, 0.717) is 19.4 Å². The molecule has 0 aliphatic carbocycles. The molecule has 0 radical (unpaired) electrons. The number of imide groups is 1. The summed E-state index contributed by atoms with van der Waals surface area (Å²) >= 11 is 0. The van der Waals surface area contributed by atoms with E-state index in [-0.39, 0.29) is 5.91 Å². The molecule has 12 heavy (non-hydrogen) atoms. The summed E-state index contributed by atoms with van der Waals surface area (Å²) in [6, 6.07) is -0.882. The van der Waals surface area contributed by atoms with Crippen LogP contribution in [-0.2, 0) is 4.79 Å². The molecule has 1 rings (SSSR count). The second-order valence-electron chi connectivity index (χ2n) is 2.57. The van der Waals surface area contributed by atoms with Gasteiger partial charge in [-0.05, 0) is 12.8 Å². The molecule has 1 fully saturated rings. The van der Waals surface area contributed by atoms with Crippen molar-refractivity contribution in [3.8, 4) is 0 Å². The topological polar surface area (TPSA) is 90.5 Å². The van der Waals surface area contributed by atoms with E-state index in [0.717, 1.165) is 0 Å². The monoisotopic (exact) mass is 173 g/mol. The number of rotatable bonds is 4. The van der Waals surface area contributed by atoms with Gasteiger partial charge in [0.15, 0.2) is 0 Å². The standard InChI is InChI=1S/C6H11N3O3/c10-5-4(2-1-3-7-12)8-6(11)9-5/h4,7,12H,1-3H2,(H2,8,9,10,11). The first-order chi connectivity index (χ1) is 5.74. The van der Waals surface area contributed by atoms with Crippen LogP contribution in [0.1, 0.15) is 12.8 Å². The van der Waals surface area contributed by atoms with Crippen LogP contribution < -0.4 is 16.1 Å². The number of carbonyl (C=O) groups excluding carboxylic acids is 2. The minimum absolute atomic E-state index is 0.294. The van der Waals surface area contributed by atoms with Crippen molar-refractivity contribution in [2.45, 2.75) is 18.9 Å². The Labute approximate surface area is 69.3 Å². The number of amides is 3. The maximum absolute atomic E-state index is 10.9. The van der Waals surface area contributed by atoms with Crippen LogP contribution >= 0.6 is 0 Å². The van der Waals surface area contributed by atoms with E-state index in [2.05, 4.69) is 10.6 Å². The Morgan fingerprint density at radius 2 is 2.25 bits per heavy atom. The number of hydrogen-bond donors (Lipinski definition) is 4. The molecule has 1 atom stereocenters. The van der Waals surface area contributed by atoms with E-state index in [4.69, 9.17) is 5.21 Å². The highest BCUT2D eigenvalue weighted by Crippen LogP contribution is 2.00. The van der Waals surface area contributed by atoms with Crippen molar-refractivity contribution in [2.75, 3.05) is 6.54 Å². The summed E-state index contributed by atoms with van der Waals surface area (Å²) in [6.45, 7) is 0.416.